The summed E-state index contributed by atoms with van der Waals surface area (Å²) < 4.78 is 2.62. The fourth-order valence-corrected chi connectivity index (χ4v) is 12.4. The van der Waals surface area contributed by atoms with E-state index < -0.39 is 5.41 Å². The first-order valence-electron chi connectivity index (χ1n) is 22.6. The van der Waals surface area contributed by atoms with Crippen LogP contribution < -0.4 is 0 Å². The van der Waals surface area contributed by atoms with E-state index in [0.717, 1.165) is 23.1 Å². The van der Waals surface area contributed by atoms with Gasteiger partial charge in [-0.1, -0.05) is 196 Å². The maximum atomic E-state index is 5.43. The van der Waals surface area contributed by atoms with Crippen LogP contribution in [0.15, 0.2) is 206 Å². The van der Waals surface area contributed by atoms with Gasteiger partial charge in [-0.15, -0.1) is 11.3 Å². The number of fused-ring (bicyclic) bond motifs is 12. The molecule has 0 aliphatic heterocycles. The molecule has 0 saturated carbocycles. The third kappa shape index (κ3) is 5.70. The average molecular weight is 850 g/mol. The fraction of sp³-hybridized carbons (Fsp3) is 0.0984. The van der Waals surface area contributed by atoms with Gasteiger partial charge in [0.05, 0.1) is 5.41 Å². The van der Waals surface area contributed by atoms with Crippen molar-refractivity contribution in [3.63, 3.8) is 0 Å². The van der Waals surface area contributed by atoms with E-state index in [-0.39, 0.29) is 5.41 Å². The minimum Gasteiger partial charge on any atom is -0.208 e. The normalized spacial score (nSPS) is 16.1. The van der Waals surface area contributed by atoms with Crippen LogP contribution in [0, 0.1) is 0 Å². The van der Waals surface area contributed by atoms with Crippen molar-refractivity contribution in [1.82, 2.24) is 15.0 Å². The van der Waals surface area contributed by atoms with Crippen molar-refractivity contribution in [3.05, 3.63) is 245 Å². The second-order valence-electron chi connectivity index (χ2n) is 18.2. The van der Waals surface area contributed by atoms with E-state index in [1.807, 2.05) is 17.4 Å². The summed E-state index contributed by atoms with van der Waals surface area (Å²) >= 11 is 1.86. The molecule has 3 nitrogen and oxygen atoms in total. The molecule has 0 bridgehead atoms. The molecule has 13 rings (SSSR count). The van der Waals surface area contributed by atoms with Gasteiger partial charge in [-0.2, -0.15) is 0 Å². The molecule has 1 unspecified atom stereocenters. The maximum Gasteiger partial charge on any atom is 0.164 e. The topological polar surface area (TPSA) is 38.7 Å². The smallest absolute Gasteiger partial charge is 0.164 e. The number of rotatable bonds is 5. The van der Waals surface area contributed by atoms with Crippen LogP contribution in [0.1, 0.15) is 65.1 Å². The summed E-state index contributed by atoms with van der Waals surface area (Å²) in [7, 11) is 0. The molecule has 3 aliphatic carbocycles. The number of aromatic nitrogens is 3. The zero-order valence-corrected chi connectivity index (χ0v) is 37.0. The van der Waals surface area contributed by atoms with Gasteiger partial charge in [0.1, 0.15) is 0 Å². The lowest BCUT2D eigenvalue weighted by molar-refractivity contribution is 0.563. The van der Waals surface area contributed by atoms with Crippen molar-refractivity contribution >= 4 is 31.5 Å². The number of thiophene rings is 1. The first kappa shape index (κ1) is 38.0. The van der Waals surface area contributed by atoms with E-state index in [9.17, 15) is 0 Å². The molecule has 2 aromatic heterocycles. The third-order valence-electron chi connectivity index (χ3n) is 14.4. The summed E-state index contributed by atoms with van der Waals surface area (Å²) in [6.07, 6.45) is 9.79. The Bertz CT molecular complexity index is 3560. The van der Waals surface area contributed by atoms with Crippen LogP contribution in [-0.2, 0) is 10.8 Å². The molecule has 8 aromatic carbocycles. The van der Waals surface area contributed by atoms with E-state index in [1.54, 1.807) is 0 Å². The van der Waals surface area contributed by atoms with E-state index in [2.05, 4.69) is 214 Å². The number of nitrogens with zero attached hydrogens (tertiary/aromatic N) is 3. The van der Waals surface area contributed by atoms with Crippen molar-refractivity contribution in [2.24, 2.45) is 0 Å². The lowest BCUT2D eigenvalue weighted by Gasteiger charge is -2.46. The van der Waals surface area contributed by atoms with Crippen molar-refractivity contribution < 1.29 is 0 Å². The van der Waals surface area contributed by atoms with Gasteiger partial charge in [-0.05, 0) is 91.9 Å². The minimum absolute atomic E-state index is 0.204. The van der Waals surface area contributed by atoms with Crippen molar-refractivity contribution in [1.29, 1.82) is 0 Å². The number of hydrogen-bond donors (Lipinski definition) is 0. The summed E-state index contributed by atoms with van der Waals surface area (Å²) in [6, 6.07) is 67.2. The van der Waals surface area contributed by atoms with Gasteiger partial charge in [0.15, 0.2) is 17.5 Å². The summed E-state index contributed by atoms with van der Waals surface area (Å²) in [5, 5.41) is 2.60. The van der Waals surface area contributed by atoms with Gasteiger partial charge >= 0.3 is 0 Å². The van der Waals surface area contributed by atoms with Crippen LogP contribution in [0.3, 0.4) is 0 Å². The van der Waals surface area contributed by atoms with Crippen LogP contribution in [0.2, 0.25) is 0 Å². The summed E-state index contributed by atoms with van der Waals surface area (Å²) in [6.45, 7) is 4.76. The molecule has 65 heavy (non-hydrogen) atoms. The fourth-order valence-electron chi connectivity index (χ4n) is 11.3. The van der Waals surface area contributed by atoms with Gasteiger partial charge in [-0.25, -0.2) is 15.0 Å². The van der Waals surface area contributed by atoms with Crippen LogP contribution in [0.25, 0.3) is 76.6 Å². The Morgan fingerprint density at radius 1 is 0.446 bits per heavy atom. The van der Waals surface area contributed by atoms with Crippen LogP contribution in [0.4, 0.5) is 0 Å². The molecule has 0 radical (unpaired) electrons. The predicted octanol–water partition coefficient (Wildman–Crippen LogP) is 15.5. The highest BCUT2D eigenvalue weighted by atomic mass is 32.1. The van der Waals surface area contributed by atoms with Gasteiger partial charge in [-0.3, -0.25) is 0 Å². The maximum absolute atomic E-state index is 5.43. The molecule has 1 spiro atoms. The first-order chi connectivity index (χ1) is 32.0. The zero-order chi connectivity index (χ0) is 43.3. The predicted molar refractivity (Wildman–Crippen MR) is 270 cm³/mol. The Morgan fingerprint density at radius 3 is 1.78 bits per heavy atom. The number of allylic oxidation sites excluding steroid dienone is 4. The monoisotopic (exact) mass is 849 g/mol. The van der Waals surface area contributed by atoms with Gasteiger partial charge < -0.3 is 0 Å². The van der Waals surface area contributed by atoms with Crippen molar-refractivity contribution in [2.45, 2.75) is 37.0 Å². The van der Waals surface area contributed by atoms with Gasteiger partial charge in [0.25, 0.3) is 0 Å². The summed E-state index contributed by atoms with van der Waals surface area (Å²) in [4.78, 5) is 16.0. The largest absolute Gasteiger partial charge is 0.208 e. The highest BCUT2D eigenvalue weighted by molar-refractivity contribution is 7.25. The molecule has 3 aliphatic rings. The Hall–Kier alpha value is -7.53. The van der Waals surface area contributed by atoms with Crippen molar-refractivity contribution in [2.75, 3.05) is 0 Å². The van der Waals surface area contributed by atoms with E-state index in [1.165, 1.54) is 81.4 Å². The number of hydrogen-bond acceptors (Lipinski definition) is 4. The number of benzene rings is 8. The molecule has 1 atom stereocenters. The quantitative estimate of drug-likeness (QED) is 0.173. The average Bonchev–Trinajstić information content (AvgIpc) is 3.89. The standard InChI is InChI=1S/C61H43N3S/c1-60(2)49-22-10-12-24-51(49)61(52-25-13-11-23-50(52)60)48-34-32-42(43-33-35-55-46(36-43)44-20-9-14-27-54(44)65-55)37-47(48)56-45(21-15-26-53(56)61)59-63-57(40-18-7-4-8-19-40)62-58(64-59)41-30-28-39(29-31-41)38-16-5-3-6-17-38/h3-16,18-38H,17H2,1-2H3. The first-order valence-corrected chi connectivity index (χ1v) is 23.4. The Labute approximate surface area is 383 Å². The molecule has 2 heterocycles. The molecular formula is C61H43N3S. The zero-order valence-electron chi connectivity index (χ0n) is 36.2. The summed E-state index contributed by atoms with van der Waals surface area (Å²) in [5.74, 6) is 2.33. The molecule has 0 fully saturated rings. The van der Waals surface area contributed by atoms with E-state index in [4.69, 9.17) is 15.0 Å². The van der Waals surface area contributed by atoms with Crippen LogP contribution >= 0.6 is 11.3 Å². The second kappa shape index (κ2) is 14.5. The van der Waals surface area contributed by atoms with E-state index in [0.29, 0.717) is 23.4 Å². The lowest BCUT2D eigenvalue weighted by Crippen LogP contribution is -2.40. The molecule has 308 valence electrons. The second-order valence-corrected chi connectivity index (χ2v) is 19.3. The molecule has 10 aromatic rings. The van der Waals surface area contributed by atoms with E-state index >= 15 is 0 Å². The van der Waals surface area contributed by atoms with Crippen LogP contribution in [-0.4, -0.2) is 15.0 Å². The lowest BCUT2D eigenvalue weighted by atomic mass is 9.55. The molecule has 0 amide bonds. The molecule has 0 saturated heterocycles. The highest BCUT2D eigenvalue weighted by Crippen LogP contribution is 2.63. The van der Waals surface area contributed by atoms with Crippen LogP contribution in [0.5, 0.6) is 0 Å². The van der Waals surface area contributed by atoms with Gasteiger partial charge in [0, 0.05) is 48.2 Å². The highest BCUT2D eigenvalue weighted by Gasteiger charge is 2.54. The molecule has 0 N–H and O–H groups in total. The Balaban J connectivity index is 1.08. The van der Waals surface area contributed by atoms with Gasteiger partial charge in [0.2, 0.25) is 0 Å². The SMILES string of the molecule is CC1(C)c2ccccc2C2(c3ccc(-c4ccc5sc6ccccc6c5c4)cc3-c3c(-c4nc(-c5ccccc5)nc(-c5ccc(C6C=CC=CC6)cc5)n4)cccc32)c2ccccc21. The van der Waals surface area contributed by atoms with Crippen molar-refractivity contribution in [3.8, 4) is 56.4 Å². The Morgan fingerprint density at radius 2 is 1.05 bits per heavy atom. The Kier molecular flexibility index (Phi) is 8.47. The minimum atomic E-state index is -0.577. The summed E-state index contributed by atoms with van der Waals surface area (Å²) in [5.41, 5.74) is 16.0. The molecule has 4 heteroatoms. The molecular weight excluding hydrogens is 807 g/mol. The third-order valence-corrected chi connectivity index (χ3v) is 15.5.